The van der Waals surface area contributed by atoms with Crippen molar-refractivity contribution in [2.45, 2.75) is 26.2 Å². The normalized spacial score (nSPS) is 11.3. The number of para-hydroxylation sites is 1. The number of benzene rings is 1. The average Bonchev–Trinajstić information content (AvgIpc) is 3.13. The molecule has 1 N–H and O–H groups in total. The van der Waals surface area contributed by atoms with E-state index in [1.807, 2.05) is 24.3 Å². The van der Waals surface area contributed by atoms with E-state index in [0.29, 0.717) is 0 Å². The molecule has 0 saturated carbocycles. The van der Waals surface area contributed by atoms with Gasteiger partial charge in [0.25, 0.3) is 0 Å². The van der Waals surface area contributed by atoms with Crippen molar-refractivity contribution in [2.75, 3.05) is 13.1 Å². The van der Waals surface area contributed by atoms with E-state index in [9.17, 15) is 0 Å². The molecule has 0 amide bonds. The third kappa shape index (κ3) is 3.16. The Balaban J connectivity index is 1.67. The van der Waals surface area contributed by atoms with Crippen LogP contribution in [0.5, 0.6) is 0 Å². The van der Waals surface area contributed by atoms with Gasteiger partial charge in [-0.3, -0.25) is 0 Å². The van der Waals surface area contributed by atoms with Crippen molar-refractivity contribution >= 4 is 11.0 Å². The van der Waals surface area contributed by atoms with E-state index in [-0.39, 0.29) is 0 Å². The largest absolute Gasteiger partial charge is 0.464 e. The topological polar surface area (TPSA) is 51.2 Å². The second-order valence-corrected chi connectivity index (χ2v) is 5.12. The Morgan fingerprint density at radius 2 is 2.10 bits per heavy atom. The minimum absolute atomic E-state index is 0.775. The molecular formula is C17H20N2O2. The smallest absolute Gasteiger partial charge is 0.194 e. The van der Waals surface area contributed by atoms with Gasteiger partial charge < -0.3 is 14.2 Å². The van der Waals surface area contributed by atoms with Crippen LogP contribution in [-0.2, 0) is 6.42 Å². The highest BCUT2D eigenvalue weighted by Crippen LogP contribution is 2.30. The first-order valence-electron chi connectivity index (χ1n) is 7.50. The number of aryl methyl sites for hydroxylation is 1. The zero-order valence-electron chi connectivity index (χ0n) is 12.3. The van der Waals surface area contributed by atoms with Gasteiger partial charge in [-0.15, -0.1) is 0 Å². The van der Waals surface area contributed by atoms with E-state index in [4.69, 9.17) is 8.83 Å². The summed E-state index contributed by atoms with van der Waals surface area (Å²) in [6.07, 6.45) is 6.57. The van der Waals surface area contributed by atoms with E-state index in [1.165, 1.54) is 0 Å². The lowest BCUT2D eigenvalue weighted by molar-refractivity contribution is 0.491. The number of furan rings is 1. The molecule has 0 spiro atoms. The summed E-state index contributed by atoms with van der Waals surface area (Å²) in [5, 5.41) is 4.44. The fourth-order valence-corrected chi connectivity index (χ4v) is 2.39. The van der Waals surface area contributed by atoms with Gasteiger partial charge in [-0.1, -0.05) is 25.1 Å². The summed E-state index contributed by atoms with van der Waals surface area (Å²) in [7, 11) is 0. The molecule has 0 aliphatic carbocycles. The standard InChI is InChI=1S/C17H20N2O2/c1-2-9-18-10-5-8-17-19-11-16(21-17)14-12-20-15-7-4-3-6-13(14)15/h3-4,6-7,11-12,18H,2,5,8-10H2,1H3. The number of nitrogens with zero attached hydrogens (tertiary/aromatic N) is 1. The maximum absolute atomic E-state index is 5.84. The van der Waals surface area contributed by atoms with Gasteiger partial charge in [-0.2, -0.15) is 0 Å². The first-order chi connectivity index (χ1) is 10.4. The van der Waals surface area contributed by atoms with E-state index in [2.05, 4.69) is 17.2 Å². The molecule has 2 aromatic heterocycles. The Morgan fingerprint density at radius 3 is 3.00 bits per heavy atom. The van der Waals surface area contributed by atoms with Crippen LogP contribution >= 0.6 is 0 Å². The summed E-state index contributed by atoms with van der Waals surface area (Å²) in [5.74, 6) is 1.56. The molecule has 21 heavy (non-hydrogen) atoms. The van der Waals surface area contributed by atoms with Crippen molar-refractivity contribution in [1.82, 2.24) is 10.3 Å². The van der Waals surface area contributed by atoms with E-state index in [0.717, 1.165) is 60.5 Å². The van der Waals surface area contributed by atoms with Crippen LogP contribution in [0, 0.1) is 0 Å². The molecule has 0 saturated heterocycles. The number of fused-ring (bicyclic) bond motifs is 1. The van der Waals surface area contributed by atoms with Crippen molar-refractivity contribution in [3.63, 3.8) is 0 Å². The van der Waals surface area contributed by atoms with Crippen LogP contribution < -0.4 is 5.32 Å². The average molecular weight is 284 g/mol. The lowest BCUT2D eigenvalue weighted by atomic mass is 10.1. The number of rotatable bonds is 7. The summed E-state index contributed by atoms with van der Waals surface area (Å²) < 4.78 is 11.4. The van der Waals surface area contributed by atoms with Gasteiger partial charge in [0.1, 0.15) is 11.8 Å². The molecular weight excluding hydrogens is 264 g/mol. The van der Waals surface area contributed by atoms with E-state index in [1.54, 1.807) is 12.5 Å². The Morgan fingerprint density at radius 1 is 1.19 bits per heavy atom. The van der Waals surface area contributed by atoms with Gasteiger partial charge in [-0.05, 0) is 32.0 Å². The maximum atomic E-state index is 5.84. The van der Waals surface area contributed by atoms with Gasteiger partial charge in [0, 0.05) is 11.8 Å². The molecule has 0 aliphatic heterocycles. The van der Waals surface area contributed by atoms with Crippen LogP contribution in [-0.4, -0.2) is 18.1 Å². The highest BCUT2D eigenvalue weighted by molar-refractivity contribution is 5.92. The Hall–Kier alpha value is -2.07. The van der Waals surface area contributed by atoms with Gasteiger partial charge >= 0.3 is 0 Å². The predicted octanol–water partition coefficient (Wildman–Crippen LogP) is 4.02. The van der Waals surface area contributed by atoms with Gasteiger partial charge in [0.15, 0.2) is 11.7 Å². The first kappa shape index (κ1) is 13.9. The van der Waals surface area contributed by atoms with E-state index >= 15 is 0 Å². The van der Waals surface area contributed by atoms with Gasteiger partial charge in [-0.25, -0.2) is 4.98 Å². The van der Waals surface area contributed by atoms with E-state index < -0.39 is 0 Å². The molecule has 0 bridgehead atoms. The summed E-state index contributed by atoms with van der Waals surface area (Å²) in [6, 6.07) is 7.95. The zero-order chi connectivity index (χ0) is 14.5. The van der Waals surface area contributed by atoms with Crippen LogP contribution in [0.15, 0.2) is 45.6 Å². The van der Waals surface area contributed by atoms with Gasteiger partial charge in [0.2, 0.25) is 0 Å². The minimum Gasteiger partial charge on any atom is -0.464 e. The molecule has 0 radical (unpaired) electrons. The molecule has 4 heteroatoms. The maximum Gasteiger partial charge on any atom is 0.194 e. The summed E-state index contributed by atoms with van der Waals surface area (Å²) in [4.78, 5) is 4.36. The Labute approximate surface area is 124 Å². The summed E-state index contributed by atoms with van der Waals surface area (Å²) >= 11 is 0. The molecule has 0 fully saturated rings. The molecule has 2 heterocycles. The quantitative estimate of drug-likeness (QED) is 0.666. The fraction of sp³-hybridized carbons (Fsp3) is 0.353. The lowest BCUT2D eigenvalue weighted by Gasteiger charge is -2.00. The molecule has 0 aliphatic rings. The number of hydrogen-bond donors (Lipinski definition) is 1. The zero-order valence-corrected chi connectivity index (χ0v) is 12.3. The summed E-state index contributed by atoms with van der Waals surface area (Å²) in [6.45, 7) is 4.24. The second kappa shape index (κ2) is 6.59. The third-order valence-electron chi connectivity index (χ3n) is 3.47. The van der Waals surface area contributed by atoms with Crippen LogP contribution in [0.3, 0.4) is 0 Å². The van der Waals surface area contributed by atoms with Crippen molar-refractivity contribution < 1.29 is 8.83 Å². The van der Waals surface area contributed by atoms with Crippen LogP contribution in [0.2, 0.25) is 0 Å². The number of nitrogens with one attached hydrogen (secondary N) is 1. The van der Waals surface area contributed by atoms with Crippen molar-refractivity contribution in [2.24, 2.45) is 0 Å². The highest BCUT2D eigenvalue weighted by Gasteiger charge is 2.12. The summed E-state index contributed by atoms with van der Waals surface area (Å²) in [5.41, 5.74) is 1.84. The first-order valence-corrected chi connectivity index (χ1v) is 7.50. The van der Waals surface area contributed by atoms with Gasteiger partial charge in [0.05, 0.1) is 11.8 Å². The second-order valence-electron chi connectivity index (χ2n) is 5.12. The molecule has 1 aromatic carbocycles. The molecule has 3 rings (SSSR count). The van der Waals surface area contributed by atoms with Crippen molar-refractivity contribution in [1.29, 1.82) is 0 Å². The Kier molecular flexibility index (Phi) is 4.36. The van der Waals surface area contributed by atoms with Crippen LogP contribution in [0.25, 0.3) is 22.3 Å². The monoisotopic (exact) mass is 284 g/mol. The molecule has 110 valence electrons. The highest BCUT2D eigenvalue weighted by atomic mass is 16.4. The number of hydrogen-bond acceptors (Lipinski definition) is 4. The molecule has 0 unspecified atom stereocenters. The number of aromatic nitrogens is 1. The lowest BCUT2D eigenvalue weighted by Crippen LogP contribution is -2.16. The fourth-order valence-electron chi connectivity index (χ4n) is 2.39. The minimum atomic E-state index is 0.775. The van der Waals surface area contributed by atoms with Crippen molar-refractivity contribution in [3.8, 4) is 11.3 Å². The third-order valence-corrected chi connectivity index (χ3v) is 3.47. The molecule has 3 aromatic rings. The molecule has 4 nitrogen and oxygen atoms in total. The van der Waals surface area contributed by atoms with Crippen LogP contribution in [0.1, 0.15) is 25.7 Å². The molecule has 0 atom stereocenters. The van der Waals surface area contributed by atoms with Crippen molar-refractivity contribution in [3.05, 3.63) is 42.6 Å². The number of oxazole rings is 1. The SMILES string of the molecule is CCCNCCCc1ncc(-c2coc3ccccc23)o1. The Bertz CT molecular complexity index is 699. The van der Waals surface area contributed by atoms with Crippen LogP contribution in [0.4, 0.5) is 0 Å². The predicted molar refractivity (Wildman–Crippen MR) is 83.2 cm³/mol.